The van der Waals surface area contributed by atoms with E-state index in [0.29, 0.717) is 25.1 Å². The summed E-state index contributed by atoms with van der Waals surface area (Å²) in [5.41, 5.74) is 0.622. The Labute approximate surface area is 107 Å². The third-order valence-corrected chi connectivity index (χ3v) is 2.90. The highest BCUT2D eigenvalue weighted by molar-refractivity contribution is 6.18. The van der Waals surface area contributed by atoms with Crippen LogP contribution in [0.15, 0.2) is 30.3 Å². The van der Waals surface area contributed by atoms with Gasteiger partial charge in [0.15, 0.2) is 0 Å². The predicted octanol–water partition coefficient (Wildman–Crippen LogP) is 2.14. The highest BCUT2D eigenvalue weighted by Crippen LogP contribution is 2.23. The van der Waals surface area contributed by atoms with Gasteiger partial charge >= 0.3 is 0 Å². The van der Waals surface area contributed by atoms with Crippen molar-refractivity contribution in [3.8, 4) is 0 Å². The van der Waals surface area contributed by atoms with Crippen LogP contribution >= 0.6 is 0 Å². The lowest BCUT2D eigenvalue weighted by Crippen LogP contribution is -2.49. The van der Waals surface area contributed by atoms with Gasteiger partial charge in [0.25, 0.3) is 5.91 Å². The number of rotatable bonds is 4. The molecule has 1 heterocycles. The van der Waals surface area contributed by atoms with Crippen LogP contribution in [0.25, 0.3) is 0 Å². The van der Waals surface area contributed by atoms with Crippen LogP contribution in [-0.2, 0) is 14.3 Å². The molecule has 0 saturated carbocycles. The van der Waals surface area contributed by atoms with Crippen LogP contribution in [0.4, 0.5) is 5.69 Å². The van der Waals surface area contributed by atoms with Crippen LogP contribution in [0.1, 0.15) is 26.2 Å². The second-order valence-electron chi connectivity index (χ2n) is 4.30. The molecule has 0 radical (unpaired) electrons. The Balaban J connectivity index is 2.17. The summed E-state index contributed by atoms with van der Waals surface area (Å²) in [6.07, 6.45) is 1.22. The highest BCUT2D eigenvalue weighted by atomic mass is 16.5. The number of imide groups is 1. The monoisotopic (exact) mass is 247 g/mol. The van der Waals surface area contributed by atoms with Gasteiger partial charge in [0, 0.05) is 13.0 Å². The molecule has 0 spiro atoms. The molecule has 18 heavy (non-hydrogen) atoms. The Hall–Kier alpha value is -1.68. The Morgan fingerprint density at radius 1 is 1.28 bits per heavy atom. The van der Waals surface area contributed by atoms with Gasteiger partial charge in [-0.2, -0.15) is 0 Å². The molecule has 1 unspecified atom stereocenters. The molecule has 1 aromatic rings. The summed E-state index contributed by atoms with van der Waals surface area (Å²) in [7, 11) is 0. The standard InChI is InChI=1S/C14H17NO3/c1-2-10-18-12-8-9-13(16)15(14(12)17)11-6-4-3-5-7-11/h3-7,12H,2,8-10H2,1H3. The molecule has 1 aromatic carbocycles. The zero-order valence-corrected chi connectivity index (χ0v) is 10.5. The number of piperidine rings is 1. The van der Waals surface area contributed by atoms with Crippen molar-refractivity contribution >= 4 is 17.5 Å². The lowest BCUT2D eigenvalue weighted by molar-refractivity contribution is -0.139. The van der Waals surface area contributed by atoms with E-state index in [9.17, 15) is 9.59 Å². The fraction of sp³-hybridized carbons (Fsp3) is 0.429. The number of ether oxygens (including phenoxy) is 1. The van der Waals surface area contributed by atoms with E-state index in [0.717, 1.165) is 6.42 Å². The van der Waals surface area contributed by atoms with Gasteiger partial charge in [-0.15, -0.1) is 0 Å². The molecule has 2 rings (SSSR count). The largest absolute Gasteiger partial charge is 0.368 e. The molecule has 1 aliphatic heterocycles. The summed E-state index contributed by atoms with van der Waals surface area (Å²) < 4.78 is 5.50. The van der Waals surface area contributed by atoms with Crippen molar-refractivity contribution in [1.82, 2.24) is 0 Å². The molecule has 0 aromatic heterocycles. The van der Waals surface area contributed by atoms with Crippen molar-refractivity contribution < 1.29 is 14.3 Å². The number of nitrogens with zero attached hydrogens (tertiary/aromatic N) is 1. The second kappa shape index (κ2) is 5.78. The van der Waals surface area contributed by atoms with E-state index in [2.05, 4.69) is 0 Å². The molecule has 1 aliphatic rings. The van der Waals surface area contributed by atoms with Gasteiger partial charge in [0.2, 0.25) is 5.91 Å². The number of benzene rings is 1. The first-order valence-corrected chi connectivity index (χ1v) is 6.27. The van der Waals surface area contributed by atoms with Crippen LogP contribution in [0.3, 0.4) is 0 Å². The summed E-state index contributed by atoms with van der Waals surface area (Å²) in [5, 5.41) is 0. The minimum Gasteiger partial charge on any atom is -0.368 e. The van der Waals surface area contributed by atoms with E-state index in [4.69, 9.17) is 4.74 Å². The Morgan fingerprint density at radius 3 is 2.67 bits per heavy atom. The lowest BCUT2D eigenvalue weighted by atomic mass is 10.1. The van der Waals surface area contributed by atoms with Crippen molar-refractivity contribution in [2.24, 2.45) is 0 Å². The minimum atomic E-state index is -0.483. The number of hydrogen-bond acceptors (Lipinski definition) is 3. The third kappa shape index (κ3) is 2.59. The van der Waals surface area contributed by atoms with Crippen molar-refractivity contribution in [3.05, 3.63) is 30.3 Å². The van der Waals surface area contributed by atoms with Crippen LogP contribution in [0.2, 0.25) is 0 Å². The molecule has 0 bridgehead atoms. The molecule has 1 atom stereocenters. The molecule has 4 nitrogen and oxygen atoms in total. The van der Waals surface area contributed by atoms with E-state index >= 15 is 0 Å². The average molecular weight is 247 g/mol. The van der Waals surface area contributed by atoms with Crippen LogP contribution < -0.4 is 4.90 Å². The van der Waals surface area contributed by atoms with Crippen LogP contribution in [0, 0.1) is 0 Å². The SMILES string of the molecule is CCCOC1CCC(=O)N(c2ccccc2)C1=O. The van der Waals surface area contributed by atoms with E-state index in [1.165, 1.54) is 4.90 Å². The van der Waals surface area contributed by atoms with E-state index in [-0.39, 0.29) is 11.8 Å². The van der Waals surface area contributed by atoms with Crippen LogP contribution in [0.5, 0.6) is 0 Å². The normalized spacial score (nSPS) is 20.3. The maximum Gasteiger partial charge on any atom is 0.262 e. The van der Waals surface area contributed by atoms with Crippen LogP contribution in [-0.4, -0.2) is 24.5 Å². The summed E-state index contributed by atoms with van der Waals surface area (Å²) in [4.78, 5) is 25.3. The molecule has 0 N–H and O–H groups in total. The number of amides is 2. The van der Waals surface area contributed by atoms with E-state index in [1.807, 2.05) is 25.1 Å². The zero-order valence-electron chi connectivity index (χ0n) is 10.5. The second-order valence-corrected chi connectivity index (χ2v) is 4.30. The molecular formula is C14H17NO3. The topological polar surface area (TPSA) is 46.6 Å². The number of anilines is 1. The first kappa shape index (κ1) is 12.8. The highest BCUT2D eigenvalue weighted by Gasteiger charge is 2.35. The van der Waals surface area contributed by atoms with Gasteiger partial charge in [-0.25, -0.2) is 4.90 Å². The van der Waals surface area contributed by atoms with Gasteiger partial charge in [0.1, 0.15) is 6.10 Å². The average Bonchev–Trinajstić information content (AvgIpc) is 2.39. The number of carbonyl (C=O) groups is 2. The first-order valence-electron chi connectivity index (χ1n) is 6.27. The van der Waals surface area contributed by atoms with Gasteiger partial charge in [-0.05, 0) is 25.0 Å². The Kier molecular flexibility index (Phi) is 4.10. The first-order chi connectivity index (χ1) is 8.74. The maximum absolute atomic E-state index is 12.2. The lowest BCUT2D eigenvalue weighted by Gasteiger charge is -2.30. The fourth-order valence-corrected chi connectivity index (χ4v) is 2.02. The predicted molar refractivity (Wildman–Crippen MR) is 68.2 cm³/mol. The third-order valence-electron chi connectivity index (χ3n) is 2.90. The quantitative estimate of drug-likeness (QED) is 0.766. The van der Waals surface area contributed by atoms with Gasteiger partial charge < -0.3 is 4.74 Å². The van der Waals surface area contributed by atoms with Gasteiger partial charge in [0.05, 0.1) is 5.69 Å². The Morgan fingerprint density at radius 2 is 2.00 bits per heavy atom. The van der Waals surface area contributed by atoms with Crippen molar-refractivity contribution in [3.63, 3.8) is 0 Å². The molecule has 2 amide bonds. The number of para-hydroxylation sites is 1. The Bertz CT molecular complexity index is 430. The van der Waals surface area contributed by atoms with Crippen molar-refractivity contribution in [1.29, 1.82) is 0 Å². The van der Waals surface area contributed by atoms with E-state index in [1.54, 1.807) is 12.1 Å². The molecule has 4 heteroatoms. The maximum atomic E-state index is 12.2. The summed E-state index contributed by atoms with van der Waals surface area (Å²) in [6.45, 7) is 2.54. The molecular weight excluding hydrogens is 230 g/mol. The fourth-order valence-electron chi connectivity index (χ4n) is 2.02. The smallest absolute Gasteiger partial charge is 0.262 e. The molecule has 0 aliphatic carbocycles. The molecule has 1 saturated heterocycles. The van der Waals surface area contributed by atoms with Gasteiger partial charge in [-0.3, -0.25) is 9.59 Å². The number of hydrogen-bond donors (Lipinski definition) is 0. The molecule has 1 fully saturated rings. The molecule has 96 valence electrons. The van der Waals surface area contributed by atoms with E-state index < -0.39 is 6.10 Å². The summed E-state index contributed by atoms with van der Waals surface area (Å²) >= 11 is 0. The van der Waals surface area contributed by atoms with Crippen molar-refractivity contribution in [2.75, 3.05) is 11.5 Å². The minimum absolute atomic E-state index is 0.150. The van der Waals surface area contributed by atoms with Gasteiger partial charge in [-0.1, -0.05) is 25.1 Å². The summed E-state index contributed by atoms with van der Waals surface area (Å²) in [6, 6.07) is 9.00. The zero-order chi connectivity index (χ0) is 13.0. The number of carbonyl (C=O) groups excluding carboxylic acids is 2. The summed E-state index contributed by atoms with van der Waals surface area (Å²) in [5.74, 6) is -0.395. The van der Waals surface area contributed by atoms with Crippen molar-refractivity contribution in [2.45, 2.75) is 32.3 Å².